The van der Waals surface area contributed by atoms with Crippen LogP contribution in [0.5, 0.6) is 0 Å². The second kappa shape index (κ2) is 6.04. The van der Waals surface area contributed by atoms with Crippen LogP contribution in [0.15, 0.2) is 11.1 Å². The van der Waals surface area contributed by atoms with E-state index in [2.05, 4.69) is 17.1 Å². The third kappa shape index (κ3) is 3.76. The molecule has 3 heteroatoms. The molecule has 1 aliphatic carbocycles. The zero-order chi connectivity index (χ0) is 11.4. The highest BCUT2D eigenvalue weighted by Crippen LogP contribution is 2.29. The molecule has 92 valence electrons. The van der Waals surface area contributed by atoms with Crippen LogP contribution in [0.2, 0.25) is 0 Å². The van der Waals surface area contributed by atoms with Gasteiger partial charge in [-0.1, -0.05) is 11.6 Å². The first-order chi connectivity index (χ1) is 7.79. The van der Waals surface area contributed by atoms with Gasteiger partial charge in [0.25, 0.3) is 0 Å². The van der Waals surface area contributed by atoms with Crippen molar-refractivity contribution < 1.29 is 0 Å². The van der Waals surface area contributed by atoms with Crippen LogP contribution in [0.25, 0.3) is 0 Å². The maximum Gasteiger partial charge on any atom is 0.0204 e. The monoisotopic (exact) mass is 242 g/mol. The van der Waals surface area contributed by atoms with E-state index >= 15 is 0 Å². The van der Waals surface area contributed by atoms with Gasteiger partial charge in [0, 0.05) is 24.7 Å². The summed E-state index contributed by atoms with van der Waals surface area (Å²) in [7, 11) is 0. The van der Waals surface area contributed by atoms with E-state index in [1.165, 1.54) is 50.9 Å². The van der Waals surface area contributed by atoms with E-state index in [9.17, 15) is 0 Å². The zero-order valence-corrected chi connectivity index (χ0v) is 11.0. The van der Waals surface area contributed by atoms with Gasteiger partial charge in [0.15, 0.2) is 0 Å². The Morgan fingerprint density at radius 2 is 2.25 bits per heavy atom. The molecule has 2 nitrogen and oxygen atoms in total. The molecule has 0 aromatic rings. The molecule has 2 fully saturated rings. The summed E-state index contributed by atoms with van der Waals surface area (Å²) in [6.45, 7) is 6.85. The number of halogens is 1. The van der Waals surface area contributed by atoms with Crippen LogP contribution in [0.1, 0.15) is 32.6 Å². The Balaban J connectivity index is 1.81. The lowest BCUT2D eigenvalue weighted by Gasteiger charge is -2.30. The first kappa shape index (κ1) is 12.4. The predicted octanol–water partition coefficient (Wildman–Crippen LogP) is 2.59. The summed E-state index contributed by atoms with van der Waals surface area (Å²) >= 11 is 5.76. The Morgan fingerprint density at radius 1 is 1.44 bits per heavy atom. The summed E-state index contributed by atoms with van der Waals surface area (Å²) in [6.07, 6.45) is 5.50. The van der Waals surface area contributed by atoms with Crippen molar-refractivity contribution >= 4 is 11.6 Å². The molecule has 0 aromatic heterocycles. The van der Waals surface area contributed by atoms with Crippen LogP contribution in [-0.2, 0) is 0 Å². The Labute approximate surface area is 104 Å². The normalized spacial score (nSPS) is 27.4. The van der Waals surface area contributed by atoms with Gasteiger partial charge in [-0.2, -0.15) is 0 Å². The lowest BCUT2D eigenvalue weighted by Crippen LogP contribution is -2.39. The number of nitrogens with one attached hydrogen (secondary N) is 1. The molecular formula is C13H23ClN2. The van der Waals surface area contributed by atoms with Crippen molar-refractivity contribution in [3.05, 3.63) is 11.1 Å². The second-order valence-corrected chi connectivity index (χ2v) is 5.55. The van der Waals surface area contributed by atoms with Gasteiger partial charge in [0.05, 0.1) is 0 Å². The fraction of sp³-hybridized carbons (Fsp3) is 0.846. The van der Waals surface area contributed by atoms with Gasteiger partial charge in [-0.25, -0.2) is 0 Å². The number of hydrogen-bond donors (Lipinski definition) is 1. The summed E-state index contributed by atoms with van der Waals surface area (Å²) in [5, 5.41) is 3.50. The van der Waals surface area contributed by atoms with Crippen molar-refractivity contribution in [1.29, 1.82) is 0 Å². The lowest BCUT2D eigenvalue weighted by molar-refractivity contribution is 0.213. The second-order valence-electron chi connectivity index (χ2n) is 5.33. The minimum Gasteiger partial charge on any atom is -0.316 e. The molecule has 0 aromatic carbocycles. The van der Waals surface area contributed by atoms with Crippen molar-refractivity contribution in [2.24, 2.45) is 5.92 Å². The molecule has 16 heavy (non-hydrogen) atoms. The predicted molar refractivity (Wildman–Crippen MR) is 69.8 cm³/mol. The summed E-state index contributed by atoms with van der Waals surface area (Å²) in [6, 6.07) is 0.841. The average molecular weight is 243 g/mol. The van der Waals surface area contributed by atoms with Gasteiger partial charge >= 0.3 is 0 Å². The van der Waals surface area contributed by atoms with Gasteiger partial charge in [-0.15, -0.1) is 0 Å². The summed E-state index contributed by atoms with van der Waals surface area (Å²) in [5.41, 5.74) is 3.02. The highest BCUT2D eigenvalue weighted by Gasteiger charge is 2.30. The third-order valence-corrected chi connectivity index (χ3v) is 3.97. The molecule has 0 bridgehead atoms. The van der Waals surface area contributed by atoms with Crippen LogP contribution in [0, 0.1) is 5.92 Å². The van der Waals surface area contributed by atoms with Crippen molar-refractivity contribution in [3.8, 4) is 0 Å². The van der Waals surface area contributed by atoms with Gasteiger partial charge in [0.1, 0.15) is 0 Å². The topological polar surface area (TPSA) is 15.3 Å². The van der Waals surface area contributed by atoms with E-state index in [1.54, 1.807) is 5.54 Å². The van der Waals surface area contributed by atoms with Gasteiger partial charge in [0.2, 0.25) is 0 Å². The van der Waals surface area contributed by atoms with Gasteiger partial charge in [-0.3, -0.25) is 4.90 Å². The van der Waals surface area contributed by atoms with E-state index in [4.69, 9.17) is 11.6 Å². The Bertz CT molecular complexity index is 242. The Kier molecular flexibility index (Phi) is 4.68. The molecule has 2 rings (SSSR count). The number of hydrogen-bond acceptors (Lipinski definition) is 2. The molecule has 0 amide bonds. The summed E-state index contributed by atoms with van der Waals surface area (Å²) < 4.78 is 0. The van der Waals surface area contributed by atoms with Gasteiger partial charge in [-0.05, 0) is 57.2 Å². The van der Waals surface area contributed by atoms with Crippen LogP contribution in [0.3, 0.4) is 0 Å². The maximum absolute atomic E-state index is 5.76. The largest absolute Gasteiger partial charge is 0.316 e. The SMILES string of the molecule is CC(=CCl)CN(CC1CCCNC1)C1CC1. The minimum absolute atomic E-state index is 0.841. The number of rotatable bonds is 5. The lowest BCUT2D eigenvalue weighted by atomic mass is 9.99. The van der Waals surface area contributed by atoms with Crippen LogP contribution >= 0.6 is 11.6 Å². The molecular weight excluding hydrogens is 220 g/mol. The molecule has 1 heterocycles. The van der Waals surface area contributed by atoms with E-state index < -0.39 is 0 Å². The zero-order valence-electron chi connectivity index (χ0n) is 10.2. The van der Waals surface area contributed by atoms with Crippen molar-refractivity contribution in [2.45, 2.75) is 38.6 Å². The molecule has 1 saturated carbocycles. The number of piperidine rings is 1. The molecule has 1 saturated heterocycles. The molecule has 1 aliphatic heterocycles. The van der Waals surface area contributed by atoms with Crippen molar-refractivity contribution in [3.63, 3.8) is 0 Å². The first-order valence-electron chi connectivity index (χ1n) is 6.50. The quantitative estimate of drug-likeness (QED) is 0.797. The van der Waals surface area contributed by atoms with Crippen molar-refractivity contribution in [2.75, 3.05) is 26.2 Å². The van der Waals surface area contributed by atoms with E-state index in [-0.39, 0.29) is 0 Å². The highest BCUT2D eigenvalue weighted by molar-refractivity contribution is 6.25. The van der Waals surface area contributed by atoms with E-state index in [0.29, 0.717) is 0 Å². The van der Waals surface area contributed by atoms with Gasteiger partial charge < -0.3 is 5.32 Å². The molecule has 0 spiro atoms. The third-order valence-electron chi connectivity index (χ3n) is 3.59. The van der Waals surface area contributed by atoms with Crippen molar-refractivity contribution in [1.82, 2.24) is 10.2 Å². The molecule has 1 atom stereocenters. The maximum atomic E-state index is 5.76. The molecule has 0 radical (unpaired) electrons. The summed E-state index contributed by atoms with van der Waals surface area (Å²) in [5.74, 6) is 0.845. The highest BCUT2D eigenvalue weighted by atomic mass is 35.5. The summed E-state index contributed by atoms with van der Waals surface area (Å²) in [4.78, 5) is 2.63. The van der Waals surface area contributed by atoms with E-state index in [1.807, 2.05) is 0 Å². The smallest absolute Gasteiger partial charge is 0.0204 e. The van der Waals surface area contributed by atoms with E-state index in [0.717, 1.165) is 18.5 Å². The fourth-order valence-electron chi connectivity index (χ4n) is 2.55. The Morgan fingerprint density at radius 3 is 2.81 bits per heavy atom. The number of nitrogens with zero attached hydrogens (tertiary/aromatic N) is 1. The standard InChI is InChI=1S/C13H23ClN2/c1-11(7-14)9-16(13-4-5-13)10-12-3-2-6-15-8-12/h7,12-13,15H,2-6,8-10H2,1H3. The van der Waals surface area contributed by atoms with Crippen LogP contribution < -0.4 is 5.32 Å². The first-order valence-corrected chi connectivity index (χ1v) is 6.94. The Hall–Kier alpha value is -0.0500. The fourth-order valence-corrected chi connectivity index (χ4v) is 2.62. The minimum atomic E-state index is 0.841. The average Bonchev–Trinajstić information content (AvgIpc) is 3.13. The molecule has 1 unspecified atom stereocenters. The molecule has 1 N–H and O–H groups in total. The van der Waals surface area contributed by atoms with Crippen LogP contribution in [-0.4, -0.2) is 37.1 Å². The van der Waals surface area contributed by atoms with Crippen LogP contribution in [0.4, 0.5) is 0 Å². The molecule has 2 aliphatic rings.